The molecular formula is C22H28F3N3O4. The standard InChI is InChI=1S/C22H28F3N3O4/c1-13-18-9-19-14(8-17(12-28(19)30)32-22(23,24)25)11-27(18)20(29)21(13)5-2-16(10-21)26-15-3-6-31-7-4-15/h8,12-13,15-16,18,26H,2-7,9-11H2,1H3/t13?,16-,18?,21+/m1/s1. The van der Waals surface area contributed by atoms with Crippen LogP contribution in [0.2, 0.25) is 0 Å². The highest BCUT2D eigenvalue weighted by atomic mass is 19.4. The van der Waals surface area contributed by atoms with Crippen molar-refractivity contribution in [3.63, 3.8) is 0 Å². The second-order valence-electron chi connectivity index (χ2n) is 9.66. The van der Waals surface area contributed by atoms with E-state index in [9.17, 15) is 23.2 Å². The SMILES string of the molecule is CC1C2Cc3c(cc(OC(F)(F)F)c[n+]3[O-])CN2C(=O)[C@]12CC[C@@H](NC1CCOCC1)C2. The van der Waals surface area contributed by atoms with Crippen molar-refractivity contribution < 1.29 is 32.2 Å². The first-order valence-electron chi connectivity index (χ1n) is 11.3. The molecule has 1 aromatic rings. The van der Waals surface area contributed by atoms with Crippen LogP contribution in [0.1, 0.15) is 50.3 Å². The maximum Gasteiger partial charge on any atom is 0.573 e. The Balaban J connectivity index is 1.34. The molecule has 7 nitrogen and oxygen atoms in total. The molecule has 4 heterocycles. The first kappa shape index (κ1) is 21.8. The average Bonchev–Trinajstić information content (AvgIpc) is 3.23. The normalized spacial score (nSPS) is 32.9. The van der Waals surface area contributed by atoms with E-state index >= 15 is 0 Å². The maximum absolute atomic E-state index is 13.6. The van der Waals surface area contributed by atoms with Crippen LogP contribution in [0.25, 0.3) is 0 Å². The molecule has 0 aromatic carbocycles. The topological polar surface area (TPSA) is 77.7 Å². The summed E-state index contributed by atoms with van der Waals surface area (Å²) in [5.41, 5.74) is 0.368. The number of hydrogen-bond acceptors (Lipinski definition) is 5. The number of rotatable bonds is 3. The van der Waals surface area contributed by atoms with Crippen molar-refractivity contribution in [2.75, 3.05) is 13.2 Å². The third kappa shape index (κ3) is 3.71. The zero-order valence-corrected chi connectivity index (χ0v) is 18.0. The molecule has 2 unspecified atom stereocenters. The highest BCUT2D eigenvalue weighted by molar-refractivity contribution is 5.86. The van der Waals surface area contributed by atoms with Gasteiger partial charge < -0.3 is 24.9 Å². The molecule has 5 rings (SSSR count). The summed E-state index contributed by atoms with van der Waals surface area (Å²) in [4.78, 5) is 15.4. The van der Waals surface area contributed by atoms with E-state index in [0.717, 1.165) is 51.5 Å². The third-order valence-corrected chi connectivity index (χ3v) is 7.95. The highest BCUT2D eigenvalue weighted by Crippen LogP contribution is 2.54. The van der Waals surface area contributed by atoms with Crippen LogP contribution in [0, 0.1) is 16.5 Å². The van der Waals surface area contributed by atoms with Gasteiger partial charge in [-0.1, -0.05) is 6.92 Å². The highest BCUT2D eigenvalue weighted by Gasteiger charge is 2.61. The van der Waals surface area contributed by atoms with E-state index in [0.29, 0.717) is 28.5 Å². The van der Waals surface area contributed by atoms with Gasteiger partial charge in [0.05, 0.1) is 18.4 Å². The van der Waals surface area contributed by atoms with Crippen LogP contribution in [0.15, 0.2) is 12.3 Å². The summed E-state index contributed by atoms with van der Waals surface area (Å²) >= 11 is 0. The molecule has 1 aromatic heterocycles. The van der Waals surface area contributed by atoms with Crippen LogP contribution in [-0.4, -0.2) is 48.5 Å². The van der Waals surface area contributed by atoms with Crippen LogP contribution in [0.3, 0.4) is 0 Å². The molecule has 1 aliphatic carbocycles. The van der Waals surface area contributed by atoms with Crippen LogP contribution < -0.4 is 14.8 Å². The Hall–Kier alpha value is -2.07. The lowest BCUT2D eigenvalue weighted by atomic mass is 9.73. The molecule has 4 atom stereocenters. The minimum absolute atomic E-state index is 0.0655. The molecule has 1 saturated carbocycles. The van der Waals surface area contributed by atoms with Crippen LogP contribution in [0.5, 0.6) is 5.75 Å². The Kier molecular flexibility index (Phi) is 5.28. The van der Waals surface area contributed by atoms with E-state index in [1.165, 1.54) is 6.07 Å². The zero-order valence-electron chi connectivity index (χ0n) is 18.0. The number of ether oxygens (including phenoxy) is 2. The average molecular weight is 455 g/mol. The van der Waals surface area contributed by atoms with E-state index in [1.54, 1.807) is 4.90 Å². The first-order valence-corrected chi connectivity index (χ1v) is 11.3. The summed E-state index contributed by atoms with van der Waals surface area (Å²) in [6, 6.07) is 1.80. The smallest absolute Gasteiger partial charge is 0.573 e. The molecule has 0 bridgehead atoms. The van der Waals surface area contributed by atoms with Gasteiger partial charge in [0.25, 0.3) is 0 Å². The molecule has 4 aliphatic rings. The number of pyridine rings is 1. The predicted molar refractivity (Wildman–Crippen MR) is 106 cm³/mol. The molecule has 32 heavy (non-hydrogen) atoms. The number of halogens is 3. The Morgan fingerprint density at radius 1 is 1.28 bits per heavy atom. The van der Waals surface area contributed by atoms with Gasteiger partial charge in [-0.3, -0.25) is 4.79 Å². The van der Waals surface area contributed by atoms with Gasteiger partial charge in [0.1, 0.15) is 0 Å². The number of fused-ring (bicyclic) bond motifs is 2. The summed E-state index contributed by atoms with van der Waals surface area (Å²) in [6.07, 6.45) is 0.708. The molecule has 3 aliphatic heterocycles. The van der Waals surface area contributed by atoms with Crippen LogP contribution in [-0.2, 0) is 22.5 Å². The van der Waals surface area contributed by atoms with Crippen molar-refractivity contribution >= 4 is 5.91 Å². The predicted octanol–water partition coefficient (Wildman–Crippen LogP) is 2.43. The van der Waals surface area contributed by atoms with Crippen molar-refractivity contribution in [3.8, 4) is 5.75 Å². The number of hydrogen-bond donors (Lipinski definition) is 1. The number of amides is 1. The fourth-order valence-electron chi connectivity index (χ4n) is 6.33. The van der Waals surface area contributed by atoms with Gasteiger partial charge in [-0.15, -0.1) is 13.2 Å². The van der Waals surface area contributed by atoms with Crippen molar-refractivity contribution in [3.05, 3.63) is 28.7 Å². The molecule has 3 fully saturated rings. The second-order valence-corrected chi connectivity index (χ2v) is 9.66. The van der Waals surface area contributed by atoms with Crippen LogP contribution >= 0.6 is 0 Å². The van der Waals surface area contributed by atoms with Crippen molar-refractivity contribution in [2.24, 2.45) is 11.3 Å². The number of nitrogens with zero attached hydrogens (tertiary/aromatic N) is 2. The molecule has 10 heteroatoms. The number of carbonyl (C=O) groups is 1. The summed E-state index contributed by atoms with van der Waals surface area (Å²) < 4.78 is 47.7. The minimum atomic E-state index is -4.88. The van der Waals surface area contributed by atoms with E-state index in [1.807, 2.05) is 0 Å². The lowest BCUT2D eigenvalue weighted by Gasteiger charge is -2.32. The molecular weight excluding hydrogens is 427 g/mol. The molecule has 176 valence electrons. The van der Waals surface area contributed by atoms with Gasteiger partial charge in [0.2, 0.25) is 12.1 Å². The Morgan fingerprint density at radius 2 is 2.03 bits per heavy atom. The van der Waals surface area contributed by atoms with Gasteiger partial charge in [0, 0.05) is 36.9 Å². The Labute approximate surface area is 184 Å². The quantitative estimate of drug-likeness (QED) is 0.560. The molecule has 1 N–H and O–H groups in total. The lowest BCUT2D eigenvalue weighted by Crippen LogP contribution is -2.46. The summed E-state index contributed by atoms with van der Waals surface area (Å²) in [6.45, 7) is 3.74. The Bertz CT molecular complexity index is 905. The second kappa shape index (κ2) is 7.76. The molecule has 2 saturated heterocycles. The summed E-state index contributed by atoms with van der Waals surface area (Å²) in [7, 11) is 0. The van der Waals surface area contributed by atoms with Crippen molar-refractivity contribution in [1.29, 1.82) is 0 Å². The zero-order chi connectivity index (χ0) is 22.7. The van der Waals surface area contributed by atoms with E-state index in [-0.39, 0.29) is 30.5 Å². The first-order chi connectivity index (χ1) is 15.2. The minimum Gasteiger partial charge on any atom is -0.618 e. The molecule has 1 spiro atoms. The lowest BCUT2D eigenvalue weighted by molar-refractivity contribution is -0.616. The molecule has 0 radical (unpaired) electrons. The Morgan fingerprint density at radius 3 is 2.75 bits per heavy atom. The van der Waals surface area contributed by atoms with Crippen molar-refractivity contribution in [1.82, 2.24) is 10.2 Å². The number of aromatic nitrogens is 1. The molecule has 1 amide bonds. The van der Waals surface area contributed by atoms with Gasteiger partial charge in [-0.2, -0.15) is 4.73 Å². The third-order valence-electron chi connectivity index (χ3n) is 7.95. The number of carbonyl (C=O) groups excluding carboxylic acids is 1. The van der Waals surface area contributed by atoms with Crippen molar-refractivity contribution in [2.45, 2.75) is 76.5 Å². The van der Waals surface area contributed by atoms with Crippen LogP contribution in [0.4, 0.5) is 13.2 Å². The monoisotopic (exact) mass is 455 g/mol. The summed E-state index contributed by atoms with van der Waals surface area (Å²) in [5, 5.41) is 16.2. The van der Waals surface area contributed by atoms with E-state index in [4.69, 9.17) is 4.74 Å². The number of alkyl halides is 3. The van der Waals surface area contributed by atoms with E-state index < -0.39 is 17.5 Å². The van der Waals surface area contributed by atoms with Gasteiger partial charge in [-0.05, 0) is 44.1 Å². The maximum atomic E-state index is 13.6. The van der Waals surface area contributed by atoms with Gasteiger partial charge >= 0.3 is 6.36 Å². The van der Waals surface area contributed by atoms with E-state index in [2.05, 4.69) is 17.0 Å². The fraction of sp³-hybridized carbons (Fsp3) is 0.727. The largest absolute Gasteiger partial charge is 0.618 e. The van der Waals surface area contributed by atoms with Gasteiger partial charge in [0.15, 0.2) is 11.4 Å². The fourth-order valence-corrected chi connectivity index (χ4v) is 6.33. The number of nitrogens with one attached hydrogen (secondary N) is 1. The summed E-state index contributed by atoms with van der Waals surface area (Å²) in [5.74, 6) is -0.423. The van der Waals surface area contributed by atoms with Gasteiger partial charge in [-0.25, -0.2) is 0 Å².